The summed E-state index contributed by atoms with van der Waals surface area (Å²) < 4.78 is 23.3. The van der Waals surface area contributed by atoms with Crippen LogP contribution < -0.4 is 4.90 Å². The summed E-state index contributed by atoms with van der Waals surface area (Å²) in [5.74, 6) is 2.23. The summed E-state index contributed by atoms with van der Waals surface area (Å²) in [4.78, 5) is 15.5. The van der Waals surface area contributed by atoms with Crippen LogP contribution in [0.2, 0.25) is 0 Å². The van der Waals surface area contributed by atoms with Crippen LogP contribution in [0.1, 0.15) is 17.7 Å². The fourth-order valence-corrected chi connectivity index (χ4v) is 4.95. The third-order valence-corrected chi connectivity index (χ3v) is 6.34. The number of sulfone groups is 1. The van der Waals surface area contributed by atoms with E-state index in [-0.39, 0.29) is 11.7 Å². The number of aryl methyl sites for hydroxylation is 1. The van der Waals surface area contributed by atoms with Crippen molar-refractivity contribution in [3.8, 4) is 11.4 Å². The lowest BCUT2D eigenvalue weighted by molar-refractivity contribution is 0.579. The van der Waals surface area contributed by atoms with Crippen molar-refractivity contribution in [1.29, 1.82) is 0 Å². The van der Waals surface area contributed by atoms with Crippen LogP contribution in [0.15, 0.2) is 24.5 Å². The van der Waals surface area contributed by atoms with E-state index in [0.717, 1.165) is 29.1 Å². The Morgan fingerprint density at radius 3 is 2.71 bits per heavy atom. The lowest BCUT2D eigenvalue weighted by atomic mass is 10.1. The number of nitrogens with zero attached hydrogens (tertiary/aromatic N) is 4. The topological polar surface area (TPSA) is 76.1 Å². The summed E-state index contributed by atoms with van der Waals surface area (Å²) in [7, 11) is -0.895. The minimum absolute atomic E-state index is 0.163. The quantitative estimate of drug-likeness (QED) is 0.843. The summed E-state index contributed by atoms with van der Waals surface area (Å²) in [6, 6.07) is 3.80. The summed E-state index contributed by atoms with van der Waals surface area (Å²) in [6.07, 6.45) is 4.20. The lowest BCUT2D eigenvalue weighted by Crippen LogP contribution is -2.28. The van der Waals surface area contributed by atoms with Crippen LogP contribution in [0.25, 0.3) is 11.4 Å². The average molecular weight is 346 g/mol. The van der Waals surface area contributed by atoms with Gasteiger partial charge in [-0.15, -0.1) is 0 Å². The van der Waals surface area contributed by atoms with E-state index < -0.39 is 9.84 Å². The van der Waals surface area contributed by atoms with Crippen molar-refractivity contribution in [3.63, 3.8) is 0 Å². The Morgan fingerprint density at radius 2 is 2.08 bits per heavy atom. The van der Waals surface area contributed by atoms with Gasteiger partial charge in [0, 0.05) is 42.8 Å². The van der Waals surface area contributed by atoms with Gasteiger partial charge in [-0.05, 0) is 38.3 Å². The van der Waals surface area contributed by atoms with Crippen molar-refractivity contribution in [2.75, 3.05) is 30.0 Å². The summed E-state index contributed by atoms with van der Waals surface area (Å²) >= 11 is 0. The number of aromatic nitrogens is 3. The van der Waals surface area contributed by atoms with Gasteiger partial charge in [-0.2, -0.15) is 0 Å². The van der Waals surface area contributed by atoms with Crippen LogP contribution in [0, 0.1) is 19.8 Å². The largest absolute Gasteiger partial charge is 0.359 e. The molecule has 0 radical (unpaired) electrons. The maximum atomic E-state index is 11.7. The molecule has 1 aliphatic rings. The molecular weight excluding hydrogens is 324 g/mol. The average Bonchev–Trinajstić information content (AvgIpc) is 2.89. The van der Waals surface area contributed by atoms with Crippen molar-refractivity contribution >= 4 is 15.7 Å². The van der Waals surface area contributed by atoms with Crippen molar-refractivity contribution in [2.24, 2.45) is 5.92 Å². The molecule has 0 bridgehead atoms. The van der Waals surface area contributed by atoms with Gasteiger partial charge in [0.15, 0.2) is 15.7 Å². The molecule has 1 fully saturated rings. The zero-order chi connectivity index (χ0) is 17.3. The fraction of sp³-hybridized carbons (Fsp3) is 0.471. The predicted molar refractivity (Wildman–Crippen MR) is 94.8 cm³/mol. The van der Waals surface area contributed by atoms with Crippen LogP contribution in [-0.4, -0.2) is 48.5 Å². The van der Waals surface area contributed by atoms with E-state index in [0.29, 0.717) is 18.1 Å². The lowest BCUT2D eigenvalue weighted by Gasteiger charge is -2.24. The van der Waals surface area contributed by atoms with E-state index in [2.05, 4.69) is 14.9 Å². The molecule has 1 aliphatic heterocycles. The summed E-state index contributed by atoms with van der Waals surface area (Å²) in [5.41, 5.74) is 2.81. The summed E-state index contributed by atoms with van der Waals surface area (Å²) in [6.45, 7) is 4.65. The first-order valence-electron chi connectivity index (χ1n) is 8.03. The smallest absolute Gasteiger partial charge is 0.163 e. The summed E-state index contributed by atoms with van der Waals surface area (Å²) in [5, 5.41) is 0. The van der Waals surface area contributed by atoms with E-state index in [1.165, 1.54) is 0 Å². The van der Waals surface area contributed by atoms with E-state index in [1.54, 1.807) is 12.4 Å². The standard InChI is InChI=1S/C17H22N4O2S/c1-12-13(2)19-16(15-5-4-7-18-9-15)20-17(12)21(3)10-14-6-8-24(22,23)11-14/h4-5,7,9,14H,6,8,10-11H2,1-3H3/t14-/m0/s1. The molecule has 3 rings (SSSR count). The molecule has 2 aromatic heterocycles. The number of pyridine rings is 1. The highest BCUT2D eigenvalue weighted by Crippen LogP contribution is 2.26. The van der Waals surface area contributed by atoms with Crippen molar-refractivity contribution in [1.82, 2.24) is 15.0 Å². The maximum absolute atomic E-state index is 11.7. The van der Waals surface area contributed by atoms with Gasteiger partial charge in [0.05, 0.1) is 11.5 Å². The first-order chi connectivity index (χ1) is 11.4. The van der Waals surface area contributed by atoms with Gasteiger partial charge in [0.25, 0.3) is 0 Å². The van der Waals surface area contributed by atoms with Crippen LogP contribution in [0.4, 0.5) is 5.82 Å². The molecule has 0 N–H and O–H groups in total. The molecule has 0 aromatic carbocycles. The molecule has 0 amide bonds. The second kappa shape index (κ2) is 6.47. The number of rotatable bonds is 4. The van der Waals surface area contributed by atoms with Gasteiger partial charge in [-0.25, -0.2) is 18.4 Å². The van der Waals surface area contributed by atoms with Gasteiger partial charge in [-0.1, -0.05) is 0 Å². The van der Waals surface area contributed by atoms with Crippen LogP contribution in [0.5, 0.6) is 0 Å². The monoisotopic (exact) mass is 346 g/mol. The van der Waals surface area contributed by atoms with Crippen molar-refractivity contribution in [3.05, 3.63) is 35.8 Å². The molecule has 1 saturated heterocycles. The number of anilines is 1. The van der Waals surface area contributed by atoms with Crippen molar-refractivity contribution < 1.29 is 8.42 Å². The molecule has 24 heavy (non-hydrogen) atoms. The minimum atomic E-state index is -2.86. The Kier molecular flexibility index (Phi) is 4.54. The first kappa shape index (κ1) is 16.8. The van der Waals surface area contributed by atoms with E-state index >= 15 is 0 Å². The van der Waals surface area contributed by atoms with E-state index in [4.69, 9.17) is 4.98 Å². The molecule has 128 valence electrons. The first-order valence-corrected chi connectivity index (χ1v) is 9.85. The SMILES string of the molecule is Cc1nc(-c2cccnc2)nc(N(C)C[C@@H]2CCS(=O)(=O)C2)c1C. The molecule has 2 aromatic rings. The second-order valence-corrected chi connectivity index (χ2v) is 8.70. The van der Waals surface area contributed by atoms with Gasteiger partial charge >= 0.3 is 0 Å². The molecule has 3 heterocycles. The fourth-order valence-electron chi connectivity index (χ4n) is 3.10. The third-order valence-electron chi connectivity index (χ3n) is 4.50. The molecule has 1 atom stereocenters. The molecule has 0 saturated carbocycles. The Bertz CT molecular complexity index is 837. The van der Waals surface area contributed by atoms with E-state index in [1.807, 2.05) is 33.0 Å². The zero-order valence-electron chi connectivity index (χ0n) is 14.2. The minimum Gasteiger partial charge on any atom is -0.359 e. The molecule has 0 spiro atoms. The molecule has 6 nitrogen and oxygen atoms in total. The highest BCUT2D eigenvalue weighted by Gasteiger charge is 2.29. The highest BCUT2D eigenvalue weighted by molar-refractivity contribution is 7.91. The van der Waals surface area contributed by atoms with Crippen LogP contribution >= 0.6 is 0 Å². The predicted octanol–water partition coefficient (Wildman–Crippen LogP) is 2.03. The molecule has 0 aliphatic carbocycles. The molecule has 7 heteroatoms. The normalized spacial score (nSPS) is 19.4. The third kappa shape index (κ3) is 3.56. The molecule has 0 unspecified atom stereocenters. The van der Waals surface area contributed by atoms with Gasteiger partial charge in [0.1, 0.15) is 5.82 Å². The molecular formula is C17H22N4O2S. The van der Waals surface area contributed by atoms with Crippen LogP contribution in [0.3, 0.4) is 0 Å². The van der Waals surface area contributed by atoms with Gasteiger partial charge < -0.3 is 4.90 Å². The zero-order valence-corrected chi connectivity index (χ0v) is 15.0. The Hall–Kier alpha value is -2.02. The number of hydrogen-bond donors (Lipinski definition) is 0. The highest BCUT2D eigenvalue weighted by atomic mass is 32.2. The van der Waals surface area contributed by atoms with E-state index in [9.17, 15) is 8.42 Å². The Morgan fingerprint density at radius 1 is 1.29 bits per heavy atom. The van der Waals surface area contributed by atoms with Gasteiger partial charge in [0.2, 0.25) is 0 Å². The maximum Gasteiger partial charge on any atom is 0.163 e. The second-order valence-electron chi connectivity index (χ2n) is 6.47. The van der Waals surface area contributed by atoms with Crippen molar-refractivity contribution in [2.45, 2.75) is 20.3 Å². The Labute approximate surface area is 142 Å². The van der Waals surface area contributed by atoms with Gasteiger partial charge in [-0.3, -0.25) is 4.98 Å². The van der Waals surface area contributed by atoms with Crippen LogP contribution in [-0.2, 0) is 9.84 Å². The Balaban J connectivity index is 1.88. The number of hydrogen-bond acceptors (Lipinski definition) is 6.